The summed E-state index contributed by atoms with van der Waals surface area (Å²) in [5.41, 5.74) is 0.739. The van der Waals surface area contributed by atoms with Crippen molar-refractivity contribution in [2.24, 2.45) is 0 Å². The van der Waals surface area contributed by atoms with Crippen LogP contribution in [0.25, 0.3) is 0 Å². The van der Waals surface area contributed by atoms with Crippen LogP contribution in [0.4, 0.5) is 0 Å². The Kier molecular flexibility index (Phi) is 6.12. The quantitative estimate of drug-likeness (QED) is 0.769. The lowest BCUT2D eigenvalue weighted by Gasteiger charge is -2.46. The predicted molar refractivity (Wildman–Crippen MR) is 99.5 cm³/mol. The van der Waals surface area contributed by atoms with Gasteiger partial charge in [-0.15, -0.1) is 0 Å². The molecule has 1 aromatic carbocycles. The van der Waals surface area contributed by atoms with Gasteiger partial charge >= 0.3 is 0 Å². The molecule has 3 rings (SSSR count). The average molecular weight is 359 g/mol. The maximum Gasteiger partial charge on any atom is 0.113 e. The van der Waals surface area contributed by atoms with E-state index in [4.69, 9.17) is 14.2 Å². The molecule has 0 radical (unpaired) electrons. The Bertz CT molecular complexity index is 655. The molecule has 1 saturated heterocycles. The summed E-state index contributed by atoms with van der Waals surface area (Å²) in [7, 11) is 1.75. The molecular weight excluding hydrogens is 334 g/mol. The van der Waals surface area contributed by atoms with Crippen LogP contribution in [0.15, 0.2) is 59.8 Å². The van der Waals surface area contributed by atoms with Crippen molar-refractivity contribution < 1.29 is 14.2 Å². The molecule has 5 heteroatoms. The number of benzene rings is 1. The van der Waals surface area contributed by atoms with Crippen LogP contribution in [-0.4, -0.2) is 35.3 Å². The molecule has 25 heavy (non-hydrogen) atoms. The first kappa shape index (κ1) is 18.4. The van der Waals surface area contributed by atoms with Crippen molar-refractivity contribution in [3.05, 3.63) is 60.3 Å². The highest BCUT2D eigenvalue weighted by Gasteiger charge is 2.46. The van der Waals surface area contributed by atoms with Crippen LogP contribution in [0.3, 0.4) is 0 Å². The maximum atomic E-state index is 6.21. The first-order chi connectivity index (χ1) is 12.1. The molecule has 134 valence electrons. The lowest BCUT2D eigenvalue weighted by molar-refractivity contribution is -0.218. The Labute approximate surface area is 153 Å². The minimum absolute atomic E-state index is 0.00794. The van der Waals surface area contributed by atoms with Crippen LogP contribution in [0.1, 0.15) is 25.8 Å². The van der Waals surface area contributed by atoms with Crippen LogP contribution in [-0.2, 0) is 20.8 Å². The van der Waals surface area contributed by atoms with Gasteiger partial charge < -0.3 is 14.2 Å². The van der Waals surface area contributed by atoms with Gasteiger partial charge in [-0.1, -0.05) is 48.2 Å². The Morgan fingerprint density at radius 3 is 2.64 bits per heavy atom. The summed E-state index contributed by atoms with van der Waals surface area (Å²) in [5, 5.41) is 0.960. The fourth-order valence-electron chi connectivity index (χ4n) is 3.19. The van der Waals surface area contributed by atoms with Crippen LogP contribution < -0.4 is 0 Å². The average Bonchev–Trinajstić information content (AvgIpc) is 2.63. The number of aromatic nitrogens is 1. The van der Waals surface area contributed by atoms with Crippen molar-refractivity contribution in [1.82, 2.24) is 4.98 Å². The summed E-state index contributed by atoms with van der Waals surface area (Å²) < 4.78 is 18.3. The highest BCUT2D eigenvalue weighted by atomic mass is 32.2. The van der Waals surface area contributed by atoms with E-state index in [1.165, 1.54) is 0 Å². The van der Waals surface area contributed by atoms with E-state index in [0.29, 0.717) is 6.61 Å². The molecule has 1 aliphatic rings. The summed E-state index contributed by atoms with van der Waals surface area (Å²) in [4.78, 5) is 4.38. The highest BCUT2D eigenvalue weighted by molar-refractivity contribution is 7.99. The lowest BCUT2D eigenvalue weighted by atomic mass is 9.89. The SMILES string of the molecule is CO[C@]1(C)CC(Sc2ccccn2)O[C@@H](C)[C@@H]1OCc1ccccc1. The molecule has 1 fully saturated rings. The second kappa shape index (κ2) is 8.32. The Morgan fingerprint density at radius 2 is 1.96 bits per heavy atom. The number of ether oxygens (including phenoxy) is 3. The second-order valence-electron chi connectivity index (χ2n) is 6.49. The van der Waals surface area contributed by atoms with Gasteiger partial charge in [-0.2, -0.15) is 0 Å². The van der Waals surface area contributed by atoms with Gasteiger partial charge in [0, 0.05) is 19.7 Å². The summed E-state index contributed by atoms with van der Waals surface area (Å²) in [6.07, 6.45) is 2.35. The van der Waals surface area contributed by atoms with Crippen molar-refractivity contribution in [2.45, 2.75) is 55.1 Å². The highest BCUT2D eigenvalue weighted by Crippen LogP contribution is 2.40. The van der Waals surface area contributed by atoms with Gasteiger partial charge in [0.05, 0.1) is 23.3 Å². The lowest BCUT2D eigenvalue weighted by Crippen LogP contribution is -2.56. The predicted octanol–water partition coefficient (Wildman–Crippen LogP) is 4.30. The van der Waals surface area contributed by atoms with Crippen molar-refractivity contribution in [2.75, 3.05) is 7.11 Å². The monoisotopic (exact) mass is 359 g/mol. The number of methoxy groups -OCH3 is 1. The van der Waals surface area contributed by atoms with E-state index in [2.05, 4.69) is 31.0 Å². The third-order valence-electron chi connectivity index (χ3n) is 4.60. The molecule has 2 heterocycles. The van der Waals surface area contributed by atoms with E-state index in [1.807, 2.05) is 36.4 Å². The van der Waals surface area contributed by atoms with E-state index in [9.17, 15) is 0 Å². The number of pyridine rings is 1. The topological polar surface area (TPSA) is 40.6 Å². The Morgan fingerprint density at radius 1 is 1.20 bits per heavy atom. The van der Waals surface area contributed by atoms with Gasteiger partial charge in [-0.05, 0) is 31.5 Å². The number of hydrogen-bond acceptors (Lipinski definition) is 5. The molecule has 1 aromatic heterocycles. The van der Waals surface area contributed by atoms with E-state index < -0.39 is 5.60 Å². The van der Waals surface area contributed by atoms with Gasteiger partial charge in [0.1, 0.15) is 11.5 Å². The second-order valence-corrected chi connectivity index (χ2v) is 7.67. The van der Waals surface area contributed by atoms with Crippen LogP contribution in [0.5, 0.6) is 0 Å². The van der Waals surface area contributed by atoms with Crippen LogP contribution >= 0.6 is 11.8 Å². The maximum absolute atomic E-state index is 6.21. The van der Waals surface area contributed by atoms with Gasteiger partial charge in [-0.25, -0.2) is 4.98 Å². The molecule has 0 bridgehead atoms. The van der Waals surface area contributed by atoms with Crippen molar-refractivity contribution in [1.29, 1.82) is 0 Å². The van der Waals surface area contributed by atoms with Gasteiger partial charge in [-0.3, -0.25) is 0 Å². The van der Waals surface area contributed by atoms with E-state index >= 15 is 0 Å². The molecule has 2 aromatic rings. The zero-order valence-electron chi connectivity index (χ0n) is 14.9. The van der Waals surface area contributed by atoms with Crippen molar-refractivity contribution in [3.63, 3.8) is 0 Å². The van der Waals surface area contributed by atoms with E-state index in [1.54, 1.807) is 25.1 Å². The molecule has 0 aliphatic carbocycles. The van der Waals surface area contributed by atoms with Gasteiger partial charge in [0.2, 0.25) is 0 Å². The van der Waals surface area contributed by atoms with Crippen LogP contribution in [0, 0.1) is 0 Å². The molecule has 1 unspecified atom stereocenters. The molecular formula is C20H25NO3S. The first-order valence-corrected chi connectivity index (χ1v) is 9.42. The summed E-state index contributed by atoms with van der Waals surface area (Å²) in [5.74, 6) is 0. The summed E-state index contributed by atoms with van der Waals surface area (Å²) in [6, 6.07) is 16.1. The molecule has 0 N–H and O–H groups in total. The first-order valence-electron chi connectivity index (χ1n) is 8.54. The van der Waals surface area contributed by atoms with Crippen molar-refractivity contribution in [3.8, 4) is 0 Å². The third-order valence-corrected chi connectivity index (χ3v) is 5.62. The number of thioether (sulfide) groups is 1. The summed E-state index contributed by atoms with van der Waals surface area (Å²) in [6.45, 7) is 4.71. The Hall–Kier alpha value is -1.40. The number of nitrogens with zero attached hydrogens (tertiary/aromatic N) is 1. The smallest absolute Gasteiger partial charge is 0.113 e. The normalized spacial score (nSPS) is 29.5. The molecule has 0 spiro atoms. The van der Waals surface area contributed by atoms with E-state index in [-0.39, 0.29) is 17.6 Å². The third kappa shape index (κ3) is 4.61. The molecule has 4 atom stereocenters. The molecule has 0 saturated carbocycles. The van der Waals surface area contributed by atoms with Crippen LogP contribution in [0.2, 0.25) is 0 Å². The zero-order chi connectivity index (χ0) is 17.7. The van der Waals surface area contributed by atoms with E-state index in [0.717, 1.165) is 17.0 Å². The van der Waals surface area contributed by atoms with Gasteiger partial charge in [0.15, 0.2) is 0 Å². The molecule has 1 aliphatic heterocycles. The van der Waals surface area contributed by atoms with Crippen molar-refractivity contribution >= 4 is 11.8 Å². The molecule has 4 nitrogen and oxygen atoms in total. The fraction of sp³-hybridized carbons (Fsp3) is 0.450. The largest absolute Gasteiger partial charge is 0.376 e. The Balaban J connectivity index is 1.66. The number of rotatable bonds is 6. The number of hydrogen-bond donors (Lipinski definition) is 0. The molecule has 0 amide bonds. The fourth-order valence-corrected chi connectivity index (χ4v) is 4.39. The summed E-state index contributed by atoms with van der Waals surface area (Å²) >= 11 is 1.63. The zero-order valence-corrected chi connectivity index (χ0v) is 15.7. The standard InChI is InChI=1S/C20H25NO3S/c1-15-19(23-14-16-9-5-4-6-10-16)20(2,22-3)13-18(24-15)25-17-11-7-8-12-21-17/h4-12,15,18-19H,13-14H2,1-3H3/t15-,18?,19-,20+/m0/s1. The minimum Gasteiger partial charge on any atom is -0.376 e. The van der Waals surface area contributed by atoms with Gasteiger partial charge in [0.25, 0.3) is 0 Å². The minimum atomic E-state index is -0.404.